The van der Waals surface area contributed by atoms with Crippen LogP contribution in [0.2, 0.25) is 0 Å². The molecule has 0 aliphatic carbocycles. The maximum absolute atomic E-state index is 12.4. The Morgan fingerprint density at radius 3 is 2.50 bits per heavy atom. The number of nitrogens with zero attached hydrogens (tertiary/aromatic N) is 1. The van der Waals surface area contributed by atoms with Crippen LogP contribution in [0, 0.1) is 0 Å². The molecule has 3 rings (SSSR count). The molecule has 8 heteroatoms. The number of ether oxygens (including phenoxy) is 1. The lowest BCUT2D eigenvalue weighted by Crippen LogP contribution is -2.40. The van der Waals surface area contributed by atoms with Gasteiger partial charge in [0.1, 0.15) is 17.2 Å². The van der Waals surface area contributed by atoms with Crippen molar-refractivity contribution in [3.05, 3.63) is 59.7 Å². The van der Waals surface area contributed by atoms with E-state index < -0.39 is 28.4 Å². The van der Waals surface area contributed by atoms with Crippen LogP contribution < -0.4 is 10.1 Å². The predicted octanol–water partition coefficient (Wildman–Crippen LogP) is 1.98. The topological polar surface area (TPSA) is 92.8 Å². The Labute approximate surface area is 164 Å². The molecule has 1 aliphatic rings. The van der Waals surface area contributed by atoms with Crippen LogP contribution in [0.5, 0.6) is 5.75 Å². The summed E-state index contributed by atoms with van der Waals surface area (Å²) in [7, 11) is -3.96. The smallest absolute Gasteiger partial charge is 0.269 e. The molecule has 0 fully saturated rings. The summed E-state index contributed by atoms with van der Waals surface area (Å²) in [6.45, 7) is 2.42. The van der Waals surface area contributed by atoms with Crippen LogP contribution in [0.4, 0.5) is 0 Å². The van der Waals surface area contributed by atoms with Crippen LogP contribution in [0.15, 0.2) is 53.4 Å². The quantitative estimate of drug-likeness (QED) is 0.682. The average molecular weight is 402 g/mol. The highest BCUT2D eigenvalue weighted by atomic mass is 32.2. The van der Waals surface area contributed by atoms with E-state index in [1.165, 1.54) is 12.1 Å². The first-order valence-corrected chi connectivity index (χ1v) is 10.5. The molecule has 2 aromatic carbocycles. The van der Waals surface area contributed by atoms with Gasteiger partial charge in [-0.3, -0.25) is 9.59 Å². The van der Waals surface area contributed by atoms with Crippen molar-refractivity contribution in [3.63, 3.8) is 0 Å². The zero-order valence-corrected chi connectivity index (χ0v) is 16.4. The number of nitrogens with one attached hydrogen (secondary N) is 1. The van der Waals surface area contributed by atoms with E-state index in [9.17, 15) is 18.0 Å². The second-order valence-corrected chi connectivity index (χ2v) is 8.17. The van der Waals surface area contributed by atoms with Crippen molar-refractivity contribution in [2.24, 2.45) is 0 Å². The number of fused-ring (bicyclic) bond motifs is 1. The Bertz CT molecular complexity index is 970. The van der Waals surface area contributed by atoms with Crippen LogP contribution in [0.1, 0.15) is 29.3 Å². The summed E-state index contributed by atoms with van der Waals surface area (Å²) >= 11 is 0. The molecular formula is C20H22N2O5S. The fourth-order valence-electron chi connectivity index (χ4n) is 3.01. The van der Waals surface area contributed by atoms with Gasteiger partial charge in [0.2, 0.25) is 5.91 Å². The molecule has 0 radical (unpaired) electrons. The number of carbonyl (C=O) groups is 2. The zero-order valence-electron chi connectivity index (χ0n) is 15.6. The van der Waals surface area contributed by atoms with Crippen molar-refractivity contribution in [1.82, 2.24) is 9.62 Å². The highest BCUT2D eigenvalue weighted by molar-refractivity contribution is 7.90. The molecule has 0 atom stereocenters. The Kier molecular flexibility index (Phi) is 5.99. The average Bonchev–Trinajstić information content (AvgIpc) is 2.88. The van der Waals surface area contributed by atoms with E-state index >= 15 is 0 Å². The van der Waals surface area contributed by atoms with Crippen LogP contribution in [-0.2, 0) is 21.2 Å². The van der Waals surface area contributed by atoms with Crippen molar-refractivity contribution in [2.45, 2.75) is 24.7 Å². The summed E-state index contributed by atoms with van der Waals surface area (Å²) in [5.74, 6) is -0.353. The van der Waals surface area contributed by atoms with Gasteiger partial charge in [-0.25, -0.2) is 12.7 Å². The van der Waals surface area contributed by atoms with Crippen molar-refractivity contribution in [3.8, 4) is 5.75 Å². The summed E-state index contributed by atoms with van der Waals surface area (Å²) in [4.78, 5) is 24.4. The zero-order chi connectivity index (χ0) is 20.1. The maximum Gasteiger partial charge on any atom is 0.269 e. The standard InChI is InChI=1S/C20H22N2O5S/c1-2-27-16-11-9-15(10-12-16)6-5-13-21-19(23)14-22-20(24)17-7-3-4-8-18(17)28(22,25)26/h3-4,7-12H,2,5-6,13-14H2,1H3,(H,21,23). The van der Waals surface area contributed by atoms with Gasteiger partial charge in [0, 0.05) is 6.54 Å². The van der Waals surface area contributed by atoms with Gasteiger partial charge in [-0.2, -0.15) is 0 Å². The lowest BCUT2D eigenvalue weighted by Gasteiger charge is -2.14. The molecule has 2 amide bonds. The van der Waals surface area contributed by atoms with Crippen LogP contribution in [0.3, 0.4) is 0 Å². The van der Waals surface area contributed by atoms with E-state index in [2.05, 4.69) is 5.32 Å². The number of hydrogen-bond donors (Lipinski definition) is 1. The Balaban J connectivity index is 1.48. The molecule has 28 heavy (non-hydrogen) atoms. The van der Waals surface area contributed by atoms with E-state index in [0.717, 1.165) is 17.7 Å². The molecule has 1 aliphatic heterocycles. The second kappa shape index (κ2) is 8.43. The molecule has 2 aromatic rings. The molecule has 0 aromatic heterocycles. The van der Waals surface area contributed by atoms with Crippen LogP contribution in [-0.4, -0.2) is 44.2 Å². The fourth-order valence-corrected chi connectivity index (χ4v) is 4.54. The van der Waals surface area contributed by atoms with E-state index in [1.54, 1.807) is 12.1 Å². The van der Waals surface area contributed by atoms with Gasteiger partial charge in [0.15, 0.2) is 0 Å². The van der Waals surface area contributed by atoms with Crippen molar-refractivity contribution in [1.29, 1.82) is 0 Å². The van der Waals surface area contributed by atoms with Crippen molar-refractivity contribution in [2.75, 3.05) is 19.7 Å². The Hall–Kier alpha value is -2.87. The van der Waals surface area contributed by atoms with Crippen molar-refractivity contribution >= 4 is 21.8 Å². The van der Waals surface area contributed by atoms with Gasteiger partial charge in [-0.1, -0.05) is 24.3 Å². The molecule has 1 N–H and O–H groups in total. The largest absolute Gasteiger partial charge is 0.494 e. The summed E-state index contributed by atoms with van der Waals surface area (Å²) < 4.78 is 30.9. The third kappa shape index (κ3) is 4.17. The first-order chi connectivity index (χ1) is 13.4. The first kappa shape index (κ1) is 19.9. The molecule has 7 nitrogen and oxygen atoms in total. The summed E-state index contributed by atoms with van der Waals surface area (Å²) in [6, 6.07) is 13.7. The second-order valence-electron chi connectivity index (χ2n) is 6.34. The molecule has 0 saturated heterocycles. The van der Waals surface area contributed by atoms with Crippen LogP contribution >= 0.6 is 0 Å². The highest BCUT2D eigenvalue weighted by Gasteiger charge is 2.41. The van der Waals surface area contributed by atoms with Gasteiger partial charge in [0.25, 0.3) is 15.9 Å². The summed E-state index contributed by atoms with van der Waals surface area (Å²) in [5.41, 5.74) is 1.22. The molecule has 1 heterocycles. The van der Waals surface area contributed by atoms with Crippen molar-refractivity contribution < 1.29 is 22.7 Å². The number of aryl methyl sites for hydroxylation is 1. The number of benzene rings is 2. The predicted molar refractivity (Wildman–Crippen MR) is 104 cm³/mol. The monoisotopic (exact) mass is 402 g/mol. The molecule has 148 valence electrons. The number of amides is 2. The summed E-state index contributed by atoms with van der Waals surface area (Å²) in [6.07, 6.45) is 1.46. The first-order valence-electron chi connectivity index (χ1n) is 9.08. The number of rotatable bonds is 8. The van der Waals surface area contributed by atoms with Gasteiger partial charge in [0.05, 0.1) is 12.2 Å². The minimum Gasteiger partial charge on any atom is -0.494 e. The molecular weight excluding hydrogens is 380 g/mol. The molecule has 0 bridgehead atoms. The van der Waals surface area contributed by atoms with Gasteiger partial charge >= 0.3 is 0 Å². The van der Waals surface area contributed by atoms with Crippen LogP contribution in [0.25, 0.3) is 0 Å². The molecule has 0 spiro atoms. The lowest BCUT2D eigenvalue weighted by molar-refractivity contribution is -0.121. The Morgan fingerprint density at radius 1 is 1.11 bits per heavy atom. The highest BCUT2D eigenvalue weighted by Crippen LogP contribution is 2.29. The van der Waals surface area contributed by atoms with Gasteiger partial charge in [-0.15, -0.1) is 0 Å². The third-order valence-electron chi connectivity index (χ3n) is 4.40. The number of hydrogen-bond acceptors (Lipinski definition) is 5. The Morgan fingerprint density at radius 2 is 1.82 bits per heavy atom. The van der Waals surface area contributed by atoms with Gasteiger partial charge in [-0.05, 0) is 49.6 Å². The van der Waals surface area contributed by atoms with E-state index in [0.29, 0.717) is 23.9 Å². The third-order valence-corrected chi connectivity index (χ3v) is 6.19. The normalized spacial score (nSPS) is 14.6. The maximum atomic E-state index is 12.4. The SMILES string of the molecule is CCOc1ccc(CCCNC(=O)CN2C(=O)c3ccccc3S2(=O)=O)cc1. The van der Waals surface area contributed by atoms with E-state index in [-0.39, 0.29) is 10.5 Å². The lowest BCUT2D eigenvalue weighted by atomic mass is 10.1. The summed E-state index contributed by atoms with van der Waals surface area (Å²) in [5, 5.41) is 2.67. The number of sulfonamides is 1. The van der Waals surface area contributed by atoms with E-state index in [4.69, 9.17) is 4.74 Å². The molecule has 0 unspecified atom stereocenters. The van der Waals surface area contributed by atoms with Gasteiger partial charge < -0.3 is 10.1 Å². The minimum absolute atomic E-state index is 0.0525. The minimum atomic E-state index is -3.96. The van der Waals surface area contributed by atoms with E-state index in [1.807, 2.05) is 31.2 Å². The molecule has 0 saturated carbocycles. The number of carbonyl (C=O) groups excluding carboxylic acids is 2. The fraction of sp³-hybridized carbons (Fsp3) is 0.300.